The molecule has 3 aromatic rings. The first-order valence-electron chi connectivity index (χ1n) is 10.4. The van der Waals surface area contributed by atoms with Crippen LogP contribution in [-0.4, -0.2) is 55.6 Å². The largest absolute Gasteiger partial charge is 0.484 e. The molecule has 0 N–H and O–H groups in total. The van der Waals surface area contributed by atoms with Gasteiger partial charge in [-0.25, -0.2) is 4.68 Å². The van der Waals surface area contributed by atoms with Crippen LogP contribution in [0.25, 0.3) is 11.6 Å². The van der Waals surface area contributed by atoms with E-state index < -0.39 is 0 Å². The highest BCUT2D eigenvalue weighted by atomic mass is 16.5. The van der Waals surface area contributed by atoms with Gasteiger partial charge in [0.25, 0.3) is 11.8 Å². The first-order valence-corrected chi connectivity index (χ1v) is 10.4. The van der Waals surface area contributed by atoms with E-state index in [0.29, 0.717) is 30.6 Å². The minimum atomic E-state index is 0.00713. The Hall–Kier alpha value is -3.23. The summed E-state index contributed by atoms with van der Waals surface area (Å²) in [5.41, 5.74) is 1.71. The van der Waals surface area contributed by atoms with Crippen LogP contribution in [0.2, 0.25) is 0 Å². The number of hydrogen-bond donors (Lipinski definition) is 0. The molecule has 1 saturated heterocycles. The highest BCUT2D eigenvalue weighted by molar-refractivity contribution is 5.77. The van der Waals surface area contributed by atoms with E-state index in [-0.39, 0.29) is 18.6 Å². The van der Waals surface area contributed by atoms with Crippen molar-refractivity contribution in [3.8, 4) is 17.3 Å². The van der Waals surface area contributed by atoms with E-state index in [9.17, 15) is 4.79 Å². The summed E-state index contributed by atoms with van der Waals surface area (Å²) in [5, 5.41) is 12.5. The number of rotatable bonds is 6. The molecule has 1 aliphatic carbocycles. The van der Waals surface area contributed by atoms with Gasteiger partial charge in [0.05, 0.1) is 12.2 Å². The molecule has 2 fully saturated rings. The van der Waals surface area contributed by atoms with Crippen LogP contribution < -0.4 is 4.74 Å². The van der Waals surface area contributed by atoms with E-state index in [4.69, 9.17) is 9.26 Å². The van der Waals surface area contributed by atoms with Crippen LogP contribution in [0.3, 0.4) is 0 Å². The van der Waals surface area contributed by atoms with Gasteiger partial charge in [0.1, 0.15) is 5.75 Å². The molecule has 1 saturated carbocycles. The topological polar surface area (TPSA) is 99.2 Å². The number of aryl methyl sites for hydroxylation is 1. The Labute approximate surface area is 174 Å². The van der Waals surface area contributed by atoms with Crippen molar-refractivity contribution in [2.24, 2.45) is 0 Å². The van der Waals surface area contributed by atoms with Gasteiger partial charge in [-0.15, -0.1) is 5.10 Å². The minimum Gasteiger partial charge on any atom is -0.484 e. The van der Waals surface area contributed by atoms with Gasteiger partial charge < -0.3 is 14.2 Å². The number of nitrogens with zero attached hydrogens (tertiary/aromatic N) is 6. The number of piperidine rings is 1. The number of ether oxygens (including phenoxy) is 1. The van der Waals surface area contributed by atoms with Crippen molar-refractivity contribution >= 4 is 5.91 Å². The molecule has 3 heterocycles. The second kappa shape index (κ2) is 7.89. The molecule has 0 unspecified atom stereocenters. The summed E-state index contributed by atoms with van der Waals surface area (Å²) in [6, 6.07) is 7.91. The SMILES string of the molecule is Cc1cccc(OCC(=O)N2CCC(n3cc(-c4nc(C5CC5)no4)nn3)CC2)c1. The molecule has 156 valence electrons. The van der Waals surface area contributed by atoms with Gasteiger partial charge in [0.2, 0.25) is 0 Å². The molecule has 9 heteroatoms. The third kappa shape index (κ3) is 4.05. The molecule has 0 bridgehead atoms. The zero-order chi connectivity index (χ0) is 20.5. The van der Waals surface area contributed by atoms with Gasteiger partial charge in [-0.3, -0.25) is 4.79 Å². The van der Waals surface area contributed by atoms with Gasteiger partial charge >= 0.3 is 0 Å². The molecule has 0 spiro atoms. The van der Waals surface area contributed by atoms with Crippen molar-refractivity contribution in [3.63, 3.8) is 0 Å². The van der Waals surface area contributed by atoms with Crippen LogP contribution in [0, 0.1) is 6.92 Å². The Kier molecular flexibility index (Phi) is 4.94. The lowest BCUT2D eigenvalue weighted by Crippen LogP contribution is -2.41. The molecule has 1 amide bonds. The van der Waals surface area contributed by atoms with Crippen molar-refractivity contribution in [2.75, 3.05) is 19.7 Å². The van der Waals surface area contributed by atoms with Crippen LogP contribution >= 0.6 is 0 Å². The summed E-state index contributed by atoms with van der Waals surface area (Å²) in [5.74, 6) is 2.35. The number of carbonyl (C=O) groups excluding carboxylic acids is 1. The lowest BCUT2D eigenvalue weighted by atomic mass is 10.1. The summed E-state index contributed by atoms with van der Waals surface area (Å²) < 4.78 is 12.8. The van der Waals surface area contributed by atoms with E-state index >= 15 is 0 Å². The summed E-state index contributed by atoms with van der Waals surface area (Å²) in [6.07, 6.45) is 5.73. The zero-order valence-electron chi connectivity index (χ0n) is 16.9. The first kappa shape index (κ1) is 18.8. The van der Waals surface area contributed by atoms with Gasteiger partial charge in [-0.1, -0.05) is 22.5 Å². The van der Waals surface area contributed by atoms with Crippen LogP contribution in [0.15, 0.2) is 35.0 Å². The summed E-state index contributed by atoms with van der Waals surface area (Å²) in [6.45, 7) is 3.39. The smallest absolute Gasteiger partial charge is 0.280 e. The normalized spacial score (nSPS) is 17.3. The summed E-state index contributed by atoms with van der Waals surface area (Å²) >= 11 is 0. The third-order valence-electron chi connectivity index (χ3n) is 5.66. The molecular weight excluding hydrogens is 384 g/mol. The van der Waals surface area contributed by atoms with E-state index in [1.807, 2.05) is 47.0 Å². The molecule has 30 heavy (non-hydrogen) atoms. The molecule has 1 aliphatic heterocycles. The highest BCUT2D eigenvalue weighted by Crippen LogP contribution is 2.38. The maximum absolute atomic E-state index is 12.5. The van der Waals surface area contributed by atoms with Crippen LogP contribution in [0.5, 0.6) is 5.75 Å². The summed E-state index contributed by atoms with van der Waals surface area (Å²) in [4.78, 5) is 18.8. The zero-order valence-corrected chi connectivity index (χ0v) is 16.9. The van der Waals surface area contributed by atoms with Crippen molar-refractivity contribution in [1.29, 1.82) is 0 Å². The molecule has 2 aromatic heterocycles. The van der Waals surface area contributed by atoms with Crippen molar-refractivity contribution in [1.82, 2.24) is 30.0 Å². The molecule has 0 radical (unpaired) electrons. The molecular formula is C21H24N6O3. The van der Waals surface area contributed by atoms with E-state index in [2.05, 4.69) is 20.5 Å². The second-order valence-electron chi connectivity index (χ2n) is 8.03. The maximum atomic E-state index is 12.5. The Morgan fingerprint density at radius 3 is 2.83 bits per heavy atom. The number of carbonyl (C=O) groups is 1. The van der Waals surface area contributed by atoms with E-state index in [0.717, 1.165) is 42.8 Å². The van der Waals surface area contributed by atoms with Crippen molar-refractivity contribution in [2.45, 2.75) is 44.6 Å². The number of benzene rings is 1. The van der Waals surface area contributed by atoms with Crippen LogP contribution in [0.4, 0.5) is 0 Å². The number of likely N-dealkylation sites (tertiary alicyclic amines) is 1. The third-order valence-corrected chi connectivity index (χ3v) is 5.66. The Bertz CT molecular complexity index is 1030. The first-order chi connectivity index (χ1) is 14.7. The fourth-order valence-electron chi connectivity index (χ4n) is 3.72. The minimum absolute atomic E-state index is 0.00713. The average Bonchev–Trinajstić information content (AvgIpc) is 3.29. The Morgan fingerprint density at radius 2 is 2.07 bits per heavy atom. The van der Waals surface area contributed by atoms with Crippen molar-refractivity contribution in [3.05, 3.63) is 41.9 Å². The fourth-order valence-corrected chi connectivity index (χ4v) is 3.72. The highest BCUT2D eigenvalue weighted by Gasteiger charge is 2.30. The lowest BCUT2D eigenvalue weighted by Gasteiger charge is -2.31. The maximum Gasteiger partial charge on any atom is 0.280 e. The lowest BCUT2D eigenvalue weighted by molar-refractivity contribution is -0.134. The second-order valence-corrected chi connectivity index (χ2v) is 8.03. The Balaban J connectivity index is 1.14. The van der Waals surface area contributed by atoms with E-state index in [1.165, 1.54) is 0 Å². The molecule has 0 atom stereocenters. The predicted octanol–water partition coefficient (Wildman–Crippen LogP) is 2.76. The molecule has 2 aliphatic rings. The number of amides is 1. The van der Waals surface area contributed by atoms with E-state index in [1.54, 1.807) is 0 Å². The fraction of sp³-hybridized carbons (Fsp3) is 0.476. The van der Waals surface area contributed by atoms with Crippen LogP contribution in [-0.2, 0) is 4.79 Å². The number of hydrogen-bond acceptors (Lipinski definition) is 7. The van der Waals surface area contributed by atoms with Crippen LogP contribution in [0.1, 0.15) is 49.0 Å². The van der Waals surface area contributed by atoms with Crippen molar-refractivity contribution < 1.29 is 14.1 Å². The molecule has 1 aromatic carbocycles. The van der Waals surface area contributed by atoms with Gasteiger partial charge in [-0.05, 0) is 50.3 Å². The predicted molar refractivity (Wildman–Crippen MR) is 107 cm³/mol. The standard InChI is InChI=1S/C21H24N6O3/c1-14-3-2-4-17(11-14)29-13-19(28)26-9-7-16(8-10-26)27-12-18(23-25-27)21-22-20(24-30-21)15-5-6-15/h2-4,11-12,15-16H,5-10,13H2,1H3. The Morgan fingerprint density at radius 1 is 1.23 bits per heavy atom. The van der Waals surface area contributed by atoms with Gasteiger partial charge in [-0.2, -0.15) is 4.98 Å². The van der Waals surface area contributed by atoms with Gasteiger partial charge in [0, 0.05) is 19.0 Å². The molecule has 5 rings (SSSR count). The quantitative estimate of drug-likeness (QED) is 0.618. The summed E-state index contributed by atoms with van der Waals surface area (Å²) in [7, 11) is 0. The average molecular weight is 408 g/mol. The van der Waals surface area contributed by atoms with Gasteiger partial charge in [0.15, 0.2) is 18.1 Å². The molecule has 9 nitrogen and oxygen atoms in total. The monoisotopic (exact) mass is 408 g/mol. The number of aromatic nitrogens is 5.